The Morgan fingerprint density at radius 2 is 1.77 bits per heavy atom. The van der Waals surface area contributed by atoms with Crippen molar-refractivity contribution in [2.45, 2.75) is 40.5 Å². The summed E-state index contributed by atoms with van der Waals surface area (Å²) >= 11 is 1.44. The van der Waals surface area contributed by atoms with Crippen LogP contribution in [0, 0.1) is 20.8 Å². The van der Waals surface area contributed by atoms with Crippen molar-refractivity contribution in [1.82, 2.24) is 9.88 Å². The van der Waals surface area contributed by atoms with Crippen molar-refractivity contribution in [2.24, 2.45) is 0 Å². The van der Waals surface area contributed by atoms with Crippen molar-refractivity contribution in [1.29, 1.82) is 0 Å². The number of nitrogens with zero attached hydrogens (tertiary/aromatic N) is 3. The van der Waals surface area contributed by atoms with E-state index in [9.17, 15) is 9.59 Å². The predicted octanol–water partition coefficient (Wildman–Crippen LogP) is 3.68. The third-order valence-corrected chi connectivity index (χ3v) is 5.97. The molecular weight excluding hydrogens is 346 g/mol. The second-order valence-electron chi connectivity index (χ2n) is 7.24. The second kappa shape index (κ2) is 7.19. The molecular formula is C20H25N3O2S. The van der Waals surface area contributed by atoms with E-state index in [1.165, 1.54) is 11.3 Å². The molecule has 2 amide bonds. The number of aromatic nitrogens is 1. The van der Waals surface area contributed by atoms with Crippen LogP contribution in [0.1, 0.15) is 51.3 Å². The van der Waals surface area contributed by atoms with E-state index in [0.717, 1.165) is 27.5 Å². The fourth-order valence-corrected chi connectivity index (χ4v) is 4.27. The smallest absolute Gasteiger partial charge is 0.266 e. The summed E-state index contributed by atoms with van der Waals surface area (Å²) in [6, 6.07) is 6.13. The Balaban J connectivity index is 1.76. The van der Waals surface area contributed by atoms with Crippen LogP contribution < -0.4 is 4.90 Å². The molecule has 0 radical (unpaired) electrons. The summed E-state index contributed by atoms with van der Waals surface area (Å²) < 4.78 is 0. The molecule has 0 saturated carbocycles. The SMILES string of the molecule is Cc1cc(C)cc(N2CCN(C(=O)c3sc(C(C)C)nc3C)CC2=O)c1. The molecule has 1 aromatic carbocycles. The first-order chi connectivity index (χ1) is 12.3. The first kappa shape index (κ1) is 18.6. The van der Waals surface area contributed by atoms with Crippen LogP contribution >= 0.6 is 11.3 Å². The van der Waals surface area contributed by atoms with Gasteiger partial charge in [0, 0.05) is 24.7 Å². The molecule has 138 valence electrons. The van der Waals surface area contributed by atoms with Crippen molar-refractivity contribution in [3.8, 4) is 0 Å². The Bertz CT molecular complexity index is 836. The lowest BCUT2D eigenvalue weighted by atomic mass is 10.1. The zero-order valence-corrected chi connectivity index (χ0v) is 16.8. The number of hydrogen-bond donors (Lipinski definition) is 0. The van der Waals surface area contributed by atoms with Crippen LogP contribution in [0.2, 0.25) is 0 Å². The van der Waals surface area contributed by atoms with E-state index in [1.54, 1.807) is 9.80 Å². The molecule has 26 heavy (non-hydrogen) atoms. The Kier molecular flexibility index (Phi) is 5.14. The van der Waals surface area contributed by atoms with Gasteiger partial charge in [0.1, 0.15) is 11.4 Å². The number of aryl methyl sites for hydroxylation is 3. The molecule has 0 unspecified atom stereocenters. The highest BCUT2D eigenvalue weighted by Gasteiger charge is 2.30. The molecule has 1 aromatic heterocycles. The van der Waals surface area contributed by atoms with Gasteiger partial charge in [-0.25, -0.2) is 4.98 Å². The van der Waals surface area contributed by atoms with Gasteiger partial charge < -0.3 is 9.80 Å². The Labute approximate surface area is 158 Å². The van der Waals surface area contributed by atoms with Gasteiger partial charge in [-0.15, -0.1) is 11.3 Å². The molecule has 2 aromatic rings. The predicted molar refractivity (Wildman–Crippen MR) is 105 cm³/mol. The van der Waals surface area contributed by atoms with Crippen LogP contribution in [-0.2, 0) is 4.79 Å². The Morgan fingerprint density at radius 3 is 2.31 bits per heavy atom. The molecule has 0 atom stereocenters. The van der Waals surface area contributed by atoms with Gasteiger partial charge in [0.2, 0.25) is 5.91 Å². The van der Waals surface area contributed by atoms with Crippen LogP contribution in [0.25, 0.3) is 0 Å². The first-order valence-corrected chi connectivity index (χ1v) is 9.73. The zero-order valence-electron chi connectivity index (χ0n) is 16.0. The molecule has 0 spiro atoms. The average Bonchev–Trinajstić information content (AvgIpc) is 2.95. The lowest BCUT2D eigenvalue weighted by Crippen LogP contribution is -2.52. The number of hydrogen-bond acceptors (Lipinski definition) is 4. The molecule has 1 aliphatic rings. The van der Waals surface area contributed by atoms with Crippen LogP contribution in [-0.4, -0.2) is 41.3 Å². The van der Waals surface area contributed by atoms with Gasteiger partial charge in [0.05, 0.1) is 10.7 Å². The van der Waals surface area contributed by atoms with Gasteiger partial charge in [-0.3, -0.25) is 9.59 Å². The van der Waals surface area contributed by atoms with Crippen molar-refractivity contribution in [2.75, 3.05) is 24.5 Å². The molecule has 0 N–H and O–H groups in total. The van der Waals surface area contributed by atoms with Gasteiger partial charge in [0.15, 0.2) is 0 Å². The minimum atomic E-state index is -0.0830. The maximum atomic E-state index is 12.9. The summed E-state index contributed by atoms with van der Waals surface area (Å²) in [5.41, 5.74) is 3.93. The number of piperazine rings is 1. The van der Waals surface area contributed by atoms with E-state index >= 15 is 0 Å². The van der Waals surface area contributed by atoms with E-state index in [4.69, 9.17) is 0 Å². The number of carbonyl (C=O) groups excluding carboxylic acids is 2. The molecule has 1 saturated heterocycles. The number of thiazole rings is 1. The molecule has 0 bridgehead atoms. The molecule has 5 nitrogen and oxygen atoms in total. The third kappa shape index (κ3) is 3.65. The fourth-order valence-electron chi connectivity index (χ4n) is 3.23. The molecule has 2 heterocycles. The Morgan fingerprint density at radius 1 is 1.12 bits per heavy atom. The largest absolute Gasteiger partial charge is 0.327 e. The quantitative estimate of drug-likeness (QED) is 0.827. The van der Waals surface area contributed by atoms with Gasteiger partial charge >= 0.3 is 0 Å². The normalized spacial score (nSPS) is 15.1. The summed E-state index contributed by atoms with van der Waals surface area (Å²) in [5.74, 6) is 0.171. The number of benzene rings is 1. The molecule has 1 fully saturated rings. The molecule has 6 heteroatoms. The lowest BCUT2D eigenvalue weighted by Gasteiger charge is -2.34. The van der Waals surface area contributed by atoms with Gasteiger partial charge in [-0.2, -0.15) is 0 Å². The topological polar surface area (TPSA) is 53.5 Å². The van der Waals surface area contributed by atoms with Gasteiger partial charge in [-0.05, 0) is 44.0 Å². The van der Waals surface area contributed by atoms with E-state index in [0.29, 0.717) is 23.9 Å². The zero-order chi connectivity index (χ0) is 19.0. The number of amides is 2. The summed E-state index contributed by atoms with van der Waals surface area (Å²) in [4.78, 5) is 34.1. The molecule has 1 aliphatic heterocycles. The van der Waals surface area contributed by atoms with Gasteiger partial charge in [0.25, 0.3) is 5.91 Å². The third-order valence-electron chi connectivity index (χ3n) is 4.53. The number of anilines is 1. The van der Waals surface area contributed by atoms with Crippen molar-refractivity contribution in [3.05, 3.63) is 44.9 Å². The fraction of sp³-hybridized carbons (Fsp3) is 0.450. The van der Waals surface area contributed by atoms with E-state index in [2.05, 4.69) is 24.9 Å². The maximum Gasteiger partial charge on any atom is 0.266 e. The van der Waals surface area contributed by atoms with Crippen LogP contribution in [0.4, 0.5) is 5.69 Å². The summed E-state index contributed by atoms with van der Waals surface area (Å²) in [5, 5.41) is 0.964. The van der Waals surface area contributed by atoms with Crippen molar-refractivity contribution in [3.63, 3.8) is 0 Å². The molecule has 0 aliphatic carbocycles. The minimum absolute atomic E-state index is 0.0409. The van der Waals surface area contributed by atoms with E-state index < -0.39 is 0 Å². The highest BCUT2D eigenvalue weighted by Crippen LogP contribution is 2.27. The average molecular weight is 372 g/mol. The standard InChI is InChI=1S/C20H25N3O2S/c1-12(2)19-21-15(5)18(26-19)20(25)22-6-7-23(17(24)11-22)16-9-13(3)8-14(4)10-16/h8-10,12H,6-7,11H2,1-5H3. The van der Waals surface area contributed by atoms with Crippen LogP contribution in [0.15, 0.2) is 18.2 Å². The summed E-state index contributed by atoms with van der Waals surface area (Å²) in [6.45, 7) is 11.2. The Hall–Kier alpha value is -2.21. The monoisotopic (exact) mass is 371 g/mol. The minimum Gasteiger partial charge on any atom is -0.327 e. The maximum absolute atomic E-state index is 12.9. The van der Waals surface area contributed by atoms with Crippen LogP contribution in [0.5, 0.6) is 0 Å². The lowest BCUT2D eigenvalue weighted by molar-refractivity contribution is -0.120. The summed E-state index contributed by atoms with van der Waals surface area (Å²) in [7, 11) is 0. The number of carbonyl (C=O) groups is 2. The van der Waals surface area contributed by atoms with Crippen molar-refractivity contribution >= 4 is 28.8 Å². The highest BCUT2D eigenvalue weighted by molar-refractivity contribution is 7.13. The second-order valence-corrected chi connectivity index (χ2v) is 8.27. The van der Waals surface area contributed by atoms with E-state index in [1.807, 2.05) is 32.9 Å². The highest BCUT2D eigenvalue weighted by atomic mass is 32.1. The van der Waals surface area contributed by atoms with E-state index in [-0.39, 0.29) is 18.4 Å². The number of rotatable bonds is 3. The summed E-state index contributed by atoms with van der Waals surface area (Å²) in [6.07, 6.45) is 0. The van der Waals surface area contributed by atoms with Crippen molar-refractivity contribution < 1.29 is 9.59 Å². The van der Waals surface area contributed by atoms with Gasteiger partial charge in [-0.1, -0.05) is 19.9 Å². The first-order valence-electron chi connectivity index (χ1n) is 8.91. The van der Waals surface area contributed by atoms with Crippen LogP contribution in [0.3, 0.4) is 0 Å². The molecule has 3 rings (SSSR count).